The number of benzene rings is 1. The molecule has 0 saturated heterocycles. The van der Waals surface area contributed by atoms with Crippen molar-refractivity contribution in [1.29, 1.82) is 0 Å². The molecule has 21 heavy (non-hydrogen) atoms. The van der Waals surface area contributed by atoms with Gasteiger partial charge in [-0.2, -0.15) is 0 Å². The van der Waals surface area contributed by atoms with Crippen molar-refractivity contribution in [2.75, 3.05) is 0 Å². The summed E-state index contributed by atoms with van der Waals surface area (Å²) < 4.78 is 40.2. The van der Waals surface area contributed by atoms with Crippen molar-refractivity contribution < 1.29 is 17.9 Å². The highest BCUT2D eigenvalue weighted by Gasteiger charge is 2.31. The van der Waals surface area contributed by atoms with Gasteiger partial charge < -0.3 is 4.74 Å². The molecule has 1 fully saturated rings. The molecular formula is C15H21F3N2O. The SMILES string of the molecule is NNC(Cc1ccc(OC(F)(F)F)cc1)C1CCCCC1. The molecule has 0 spiro atoms. The molecular weight excluding hydrogens is 281 g/mol. The summed E-state index contributed by atoms with van der Waals surface area (Å²) in [6, 6.07) is 6.18. The predicted molar refractivity (Wildman–Crippen MR) is 74.5 cm³/mol. The molecule has 0 aliphatic heterocycles. The third-order valence-corrected chi connectivity index (χ3v) is 4.05. The van der Waals surface area contributed by atoms with Crippen LogP contribution in [0.25, 0.3) is 0 Å². The van der Waals surface area contributed by atoms with E-state index in [2.05, 4.69) is 10.2 Å². The van der Waals surface area contributed by atoms with E-state index in [-0.39, 0.29) is 11.8 Å². The van der Waals surface area contributed by atoms with Crippen LogP contribution < -0.4 is 16.0 Å². The molecule has 6 heteroatoms. The minimum absolute atomic E-state index is 0.166. The molecule has 118 valence electrons. The van der Waals surface area contributed by atoms with E-state index in [4.69, 9.17) is 5.84 Å². The molecule has 0 bridgehead atoms. The lowest BCUT2D eigenvalue weighted by atomic mass is 9.82. The zero-order valence-electron chi connectivity index (χ0n) is 11.8. The summed E-state index contributed by atoms with van der Waals surface area (Å²) in [7, 11) is 0. The standard InChI is InChI=1S/C15H21F3N2O/c16-15(17,18)21-13-8-6-11(7-9-13)10-14(20-19)12-4-2-1-3-5-12/h6-9,12,14,20H,1-5,10,19H2. The zero-order chi connectivity index (χ0) is 15.3. The summed E-state index contributed by atoms with van der Waals surface area (Å²) in [5.74, 6) is 5.98. The fraction of sp³-hybridized carbons (Fsp3) is 0.600. The van der Waals surface area contributed by atoms with Gasteiger partial charge in [-0.25, -0.2) is 0 Å². The molecule has 1 atom stereocenters. The summed E-state index contributed by atoms with van der Waals surface area (Å²) in [6.45, 7) is 0. The topological polar surface area (TPSA) is 47.3 Å². The van der Waals surface area contributed by atoms with Crippen LogP contribution in [0.3, 0.4) is 0 Å². The van der Waals surface area contributed by atoms with Crippen molar-refractivity contribution in [2.45, 2.75) is 50.9 Å². The third-order valence-electron chi connectivity index (χ3n) is 4.05. The van der Waals surface area contributed by atoms with E-state index in [0.717, 1.165) is 18.4 Å². The van der Waals surface area contributed by atoms with Crippen LogP contribution in [0.2, 0.25) is 0 Å². The highest BCUT2D eigenvalue weighted by atomic mass is 19.4. The molecule has 3 nitrogen and oxygen atoms in total. The summed E-state index contributed by atoms with van der Waals surface area (Å²) >= 11 is 0. The molecule has 2 rings (SSSR count). The first-order chi connectivity index (χ1) is 9.98. The lowest BCUT2D eigenvalue weighted by Gasteiger charge is -2.29. The largest absolute Gasteiger partial charge is 0.573 e. The lowest BCUT2D eigenvalue weighted by molar-refractivity contribution is -0.274. The molecule has 1 aliphatic carbocycles. The van der Waals surface area contributed by atoms with Gasteiger partial charge >= 0.3 is 6.36 Å². The normalized spacial score (nSPS) is 18.5. The van der Waals surface area contributed by atoms with Crippen LogP contribution in [-0.4, -0.2) is 12.4 Å². The monoisotopic (exact) mass is 302 g/mol. The van der Waals surface area contributed by atoms with E-state index in [0.29, 0.717) is 12.3 Å². The van der Waals surface area contributed by atoms with E-state index < -0.39 is 6.36 Å². The minimum atomic E-state index is -4.65. The van der Waals surface area contributed by atoms with Crippen LogP contribution in [-0.2, 0) is 6.42 Å². The van der Waals surface area contributed by atoms with Crippen molar-refractivity contribution in [3.05, 3.63) is 29.8 Å². The quantitative estimate of drug-likeness (QED) is 0.646. The van der Waals surface area contributed by atoms with Gasteiger partial charge in [0.25, 0.3) is 0 Å². The Bertz CT molecular complexity index is 428. The van der Waals surface area contributed by atoms with Crippen LogP contribution in [0.5, 0.6) is 5.75 Å². The van der Waals surface area contributed by atoms with Crippen LogP contribution in [0, 0.1) is 5.92 Å². The Labute approximate surface area is 122 Å². The first-order valence-corrected chi connectivity index (χ1v) is 7.29. The average molecular weight is 302 g/mol. The molecule has 3 N–H and O–H groups in total. The molecule has 1 unspecified atom stereocenters. The summed E-state index contributed by atoms with van der Waals surface area (Å²) in [5.41, 5.74) is 3.82. The van der Waals surface area contributed by atoms with Crippen LogP contribution in [0.15, 0.2) is 24.3 Å². The Morgan fingerprint density at radius 2 is 1.76 bits per heavy atom. The van der Waals surface area contributed by atoms with Gasteiger partial charge in [0, 0.05) is 6.04 Å². The first-order valence-electron chi connectivity index (χ1n) is 7.29. The lowest BCUT2D eigenvalue weighted by Crippen LogP contribution is -2.43. The van der Waals surface area contributed by atoms with Gasteiger partial charge in [-0.05, 0) is 42.9 Å². The number of halogens is 3. The predicted octanol–water partition coefficient (Wildman–Crippen LogP) is 3.54. The molecule has 1 aliphatic rings. The second kappa shape index (κ2) is 7.13. The van der Waals surface area contributed by atoms with E-state index in [9.17, 15) is 13.2 Å². The van der Waals surface area contributed by atoms with Gasteiger partial charge in [-0.15, -0.1) is 13.2 Å². The Balaban J connectivity index is 1.94. The summed E-state index contributed by atoms with van der Waals surface area (Å²) in [6.07, 6.45) is 2.10. The molecule has 0 aromatic heterocycles. The maximum atomic E-state index is 12.1. The number of ether oxygens (including phenoxy) is 1. The zero-order valence-corrected chi connectivity index (χ0v) is 11.8. The van der Waals surface area contributed by atoms with Crippen molar-refractivity contribution in [2.24, 2.45) is 11.8 Å². The number of nitrogens with one attached hydrogen (secondary N) is 1. The Kier molecular flexibility index (Phi) is 5.47. The molecule has 0 radical (unpaired) electrons. The van der Waals surface area contributed by atoms with Gasteiger partial charge in [0.1, 0.15) is 5.75 Å². The summed E-state index contributed by atoms with van der Waals surface area (Å²) in [5, 5.41) is 0. The molecule has 1 saturated carbocycles. The van der Waals surface area contributed by atoms with Crippen molar-refractivity contribution >= 4 is 0 Å². The number of rotatable bonds is 5. The van der Waals surface area contributed by atoms with E-state index >= 15 is 0 Å². The van der Waals surface area contributed by atoms with Crippen molar-refractivity contribution in [3.63, 3.8) is 0 Å². The second-order valence-corrected chi connectivity index (χ2v) is 5.57. The number of alkyl halides is 3. The van der Waals surface area contributed by atoms with Crippen LogP contribution in [0.1, 0.15) is 37.7 Å². The van der Waals surface area contributed by atoms with Gasteiger partial charge in [0.2, 0.25) is 0 Å². The highest BCUT2D eigenvalue weighted by Crippen LogP contribution is 2.28. The molecule has 1 aromatic carbocycles. The highest BCUT2D eigenvalue weighted by molar-refractivity contribution is 5.28. The van der Waals surface area contributed by atoms with Gasteiger partial charge in [-0.1, -0.05) is 31.4 Å². The van der Waals surface area contributed by atoms with Crippen LogP contribution in [0.4, 0.5) is 13.2 Å². The number of hydrogen-bond acceptors (Lipinski definition) is 3. The smallest absolute Gasteiger partial charge is 0.406 e. The van der Waals surface area contributed by atoms with E-state index in [1.807, 2.05) is 0 Å². The van der Waals surface area contributed by atoms with E-state index in [1.54, 1.807) is 12.1 Å². The number of hydrazine groups is 1. The summed E-state index contributed by atoms with van der Waals surface area (Å²) in [4.78, 5) is 0. The maximum absolute atomic E-state index is 12.1. The van der Waals surface area contributed by atoms with Crippen molar-refractivity contribution in [1.82, 2.24) is 5.43 Å². The molecule has 0 heterocycles. The minimum Gasteiger partial charge on any atom is -0.406 e. The first kappa shape index (κ1) is 16.1. The number of hydrogen-bond donors (Lipinski definition) is 2. The number of nitrogens with two attached hydrogens (primary N) is 1. The van der Waals surface area contributed by atoms with Gasteiger partial charge in [-0.3, -0.25) is 11.3 Å². The fourth-order valence-corrected chi connectivity index (χ4v) is 2.98. The van der Waals surface area contributed by atoms with Gasteiger partial charge in [0.15, 0.2) is 0 Å². The van der Waals surface area contributed by atoms with Crippen molar-refractivity contribution in [3.8, 4) is 5.75 Å². The Hall–Kier alpha value is -1.27. The van der Waals surface area contributed by atoms with E-state index in [1.165, 1.54) is 31.4 Å². The van der Waals surface area contributed by atoms with Gasteiger partial charge in [0.05, 0.1) is 0 Å². The molecule has 0 amide bonds. The second-order valence-electron chi connectivity index (χ2n) is 5.57. The maximum Gasteiger partial charge on any atom is 0.573 e. The Morgan fingerprint density at radius 1 is 1.14 bits per heavy atom. The van der Waals surface area contributed by atoms with Crippen LogP contribution >= 0.6 is 0 Å². The third kappa shape index (κ3) is 5.21. The Morgan fingerprint density at radius 3 is 2.29 bits per heavy atom. The average Bonchev–Trinajstić information content (AvgIpc) is 2.46. The molecule has 1 aromatic rings. The fourth-order valence-electron chi connectivity index (χ4n) is 2.98.